The fourth-order valence-corrected chi connectivity index (χ4v) is 1.82. The van der Waals surface area contributed by atoms with Crippen molar-refractivity contribution in [3.8, 4) is 0 Å². The summed E-state index contributed by atoms with van der Waals surface area (Å²) >= 11 is 8.09. The standard InChI is InChI=1S/C12H16ClIN2O2/c1-18-7-6-15-4-5-16-12(17)9-2-3-11(14)10(13)8-9/h2-3,8,15H,4-7H2,1H3,(H,16,17). The van der Waals surface area contributed by atoms with Crippen LogP contribution < -0.4 is 10.6 Å². The van der Waals surface area contributed by atoms with Crippen molar-refractivity contribution in [1.29, 1.82) is 0 Å². The number of ether oxygens (including phenoxy) is 1. The molecular formula is C12H16ClIN2O2. The number of benzene rings is 1. The van der Waals surface area contributed by atoms with Crippen molar-refractivity contribution < 1.29 is 9.53 Å². The summed E-state index contributed by atoms with van der Waals surface area (Å²) in [5, 5.41) is 6.56. The van der Waals surface area contributed by atoms with Crippen LogP contribution >= 0.6 is 34.2 Å². The number of methoxy groups -OCH3 is 1. The molecule has 0 unspecified atom stereocenters. The highest BCUT2D eigenvalue weighted by Crippen LogP contribution is 2.19. The summed E-state index contributed by atoms with van der Waals surface area (Å²) in [6, 6.07) is 5.27. The second-order valence-corrected chi connectivity index (χ2v) is 5.20. The molecule has 0 aromatic heterocycles. The fraction of sp³-hybridized carbons (Fsp3) is 0.417. The minimum atomic E-state index is -0.109. The SMILES string of the molecule is COCCNCCNC(=O)c1ccc(I)c(Cl)c1. The van der Waals surface area contributed by atoms with E-state index in [2.05, 4.69) is 33.2 Å². The number of hydrogen-bond donors (Lipinski definition) is 2. The van der Waals surface area contributed by atoms with Gasteiger partial charge in [0.15, 0.2) is 0 Å². The fourth-order valence-electron chi connectivity index (χ4n) is 1.30. The Morgan fingerprint density at radius 1 is 1.39 bits per heavy atom. The van der Waals surface area contributed by atoms with Gasteiger partial charge in [0.25, 0.3) is 5.91 Å². The first-order chi connectivity index (χ1) is 8.65. The maximum absolute atomic E-state index is 11.8. The lowest BCUT2D eigenvalue weighted by atomic mass is 10.2. The van der Waals surface area contributed by atoms with Gasteiger partial charge in [0.05, 0.1) is 11.6 Å². The molecule has 0 bridgehead atoms. The van der Waals surface area contributed by atoms with E-state index in [1.54, 1.807) is 19.2 Å². The number of nitrogens with one attached hydrogen (secondary N) is 2. The van der Waals surface area contributed by atoms with E-state index in [0.717, 1.165) is 10.1 Å². The van der Waals surface area contributed by atoms with Gasteiger partial charge in [-0.05, 0) is 40.8 Å². The zero-order valence-electron chi connectivity index (χ0n) is 10.1. The van der Waals surface area contributed by atoms with Crippen LogP contribution in [-0.4, -0.2) is 39.3 Å². The maximum Gasteiger partial charge on any atom is 0.251 e. The van der Waals surface area contributed by atoms with Crippen molar-refractivity contribution >= 4 is 40.1 Å². The lowest BCUT2D eigenvalue weighted by molar-refractivity contribution is 0.0953. The second kappa shape index (κ2) is 8.68. The van der Waals surface area contributed by atoms with E-state index in [-0.39, 0.29) is 5.91 Å². The zero-order chi connectivity index (χ0) is 13.4. The number of carbonyl (C=O) groups is 1. The Labute approximate surface area is 126 Å². The van der Waals surface area contributed by atoms with Crippen molar-refractivity contribution in [3.05, 3.63) is 32.4 Å². The molecule has 0 saturated carbocycles. The Balaban J connectivity index is 2.30. The topological polar surface area (TPSA) is 50.4 Å². The minimum Gasteiger partial charge on any atom is -0.383 e. The Hall–Kier alpha value is -0.370. The van der Waals surface area contributed by atoms with E-state index < -0.39 is 0 Å². The Morgan fingerprint density at radius 3 is 2.83 bits per heavy atom. The zero-order valence-corrected chi connectivity index (χ0v) is 13.0. The van der Waals surface area contributed by atoms with Crippen molar-refractivity contribution in [2.75, 3.05) is 33.4 Å². The summed E-state index contributed by atoms with van der Waals surface area (Å²) in [6.07, 6.45) is 0. The predicted molar refractivity (Wildman–Crippen MR) is 81.2 cm³/mol. The number of rotatable bonds is 7. The van der Waals surface area contributed by atoms with Crippen LogP contribution in [0.1, 0.15) is 10.4 Å². The molecule has 18 heavy (non-hydrogen) atoms. The molecule has 0 aliphatic heterocycles. The van der Waals surface area contributed by atoms with Crippen LogP contribution in [0.2, 0.25) is 5.02 Å². The molecule has 0 fully saturated rings. The van der Waals surface area contributed by atoms with Crippen LogP contribution in [0, 0.1) is 3.57 Å². The third kappa shape index (κ3) is 5.51. The second-order valence-electron chi connectivity index (χ2n) is 3.63. The highest BCUT2D eigenvalue weighted by Gasteiger charge is 2.06. The third-order valence-electron chi connectivity index (χ3n) is 2.25. The molecule has 4 nitrogen and oxygen atoms in total. The largest absolute Gasteiger partial charge is 0.383 e. The number of amides is 1. The van der Waals surface area contributed by atoms with Gasteiger partial charge in [-0.3, -0.25) is 4.79 Å². The van der Waals surface area contributed by atoms with E-state index >= 15 is 0 Å². The molecule has 0 aliphatic carbocycles. The summed E-state index contributed by atoms with van der Waals surface area (Å²) in [7, 11) is 1.66. The van der Waals surface area contributed by atoms with E-state index in [0.29, 0.717) is 30.3 Å². The van der Waals surface area contributed by atoms with Crippen molar-refractivity contribution in [2.45, 2.75) is 0 Å². The first-order valence-electron chi connectivity index (χ1n) is 5.58. The predicted octanol–water partition coefficient (Wildman–Crippen LogP) is 1.91. The van der Waals surface area contributed by atoms with Gasteiger partial charge in [-0.1, -0.05) is 11.6 Å². The molecule has 1 rings (SSSR count). The van der Waals surface area contributed by atoms with E-state index in [9.17, 15) is 4.79 Å². The molecular weight excluding hydrogens is 367 g/mol. The summed E-state index contributed by atoms with van der Waals surface area (Å²) < 4.78 is 5.84. The molecule has 0 spiro atoms. The molecule has 0 atom stereocenters. The number of halogens is 2. The minimum absolute atomic E-state index is 0.109. The number of hydrogen-bond acceptors (Lipinski definition) is 3. The van der Waals surface area contributed by atoms with Crippen molar-refractivity contribution in [3.63, 3.8) is 0 Å². The van der Waals surface area contributed by atoms with Crippen LogP contribution in [0.25, 0.3) is 0 Å². The van der Waals surface area contributed by atoms with Crippen LogP contribution in [-0.2, 0) is 4.74 Å². The molecule has 6 heteroatoms. The molecule has 0 heterocycles. The van der Waals surface area contributed by atoms with Gasteiger partial charge in [-0.25, -0.2) is 0 Å². The third-order valence-corrected chi connectivity index (χ3v) is 3.82. The van der Waals surface area contributed by atoms with Crippen molar-refractivity contribution in [2.24, 2.45) is 0 Å². The van der Waals surface area contributed by atoms with Crippen LogP contribution in [0.4, 0.5) is 0 Å². The Morgan fingerprint density at radius 2 is 2.17 bits per heavy atom. The summed E-state index contributed by atoms with van der Waals surface area (Å²) in [6.45, 7) is 2.74. The maximum atomic E-state index is 11.8. The highest BCUT2D eigenvalue weighted by atomic mass is 127. The molecule has 1 aromatic rings. The quantitative estimate of drug-likeness (QED) is 0.559. The van der Waals surface area contributed by atoms with Gasteiger partial charge >= 0.3 is 0 Å². The normalized spacial score (nSPS) is 10.4. The first-order valence-corrected chi connectivity index (χ1v) is 7.03. The van der Waals surface area contributed by atoms with Gasteiger partial charge in [0.2, 0.25) is 0 Å². The van der Waals surface area contributed by atoms with E-state index in [1.165, 1.54) is 0 Å². The Bertz CT molecular complexity index is 402. The molecule has 0 radical (unpaired) electrons. The average Bonchev–Trinajstić information content (AvgIpc) is 2.36. The smallest absolute Gasteiger partial charge is 0.251 e. The highest BCUT2D eigenvalue weighted by molar-refractivity contribution is 14.1. The van der Waals surface area contributed by atoms with E-state index in [4.69, 9.17) is 16.3 Å². The number of carbonyl (C=O) groups excluding carboxylic acids is 1. The molecule has 0 aliphatic rings. The summed E-state index contributed by atoms with van der Waals surface area (Å²) in [5.41, 5.74) is 0.581. The van der Waals surface area contributed by atoms with Crippen LogP contribution in [0.3, 0.4) is 0 Å². The molecule has 100 valence electrons. The van der Waals surface area contributed by atoms with Gasteiger partial charge in [-0.2, -0.15) is 0 Å². The molecule has 1 aromatic carbocycles. The van der Waals surface area contributed by atoms with E-state index in [1.807, 2.05) is 6.07 Å². The van der Waals surface area contributed by atoms with Gasteiger partial charge in [0, 0.05) is 35.9 Å². The molecule has 2 N–H and O–H groups in total. The molecule has 0 saturated heterocycles. The average molecular weight is 383 g/mol. The van der Waals surface area contributed by atoms with Gasteiger partial charge in [-0.15, -0.1) is 0 Å². The van der Waals surface area contributed by atoms with Gasteiger partial charge < -0.3 is 15.4 Å². The monoisotopic (exact) mass is 382 g/mol. The first kappa shape index (κ1) is 15.7. The Kier molecular flexibility index (Phi) is 7.57. The van der Waals surface area contributed by atoms with Crippen molar-refractivity contribution in [1.82, 2.24) is 10.6 Å². The summed E-state index contributed by atoms with van der Waals surface area (Å²) in [5.74, 6) is -0.109. The lowest BCUT2D eigenvalue weighted by Gasteiger charge is -2.07. The van der Waals surface area contributed by atoms with Crippen LogP contribution in [0.5, 0.6) is 0 Å². The van der Waals surface area contributed by atoms with Crippen LogP contribution in [0.15, 0.2) is 18.2 Å². The lowest BCUT2D eigenvalue weighted by Crippen LogP contribution is -2.33. The molecule has 1 amide bonds. The van der Waals surface area contributed by atoms with Gasteiger partial charge in [0.1, 0.15) is 0 Å². The summed E-state index contributed by atoms with van der Waals surface area (Å²) in [4.78, 5) is 11.8.